The van der Waals surface area contributed by atoms with Crippen LogP contribution in [0.1, 0.15) is 81.3 Å². The zero-order valence-corrected chi connectivity index (χ0v) is 19.7. The Kier molecular flexibility index (Phi) is 8.91. The van der Waals surface area contributed by atoms with Gasteiger partial charge in [0.05, 0.1) is 11.4 Å². The van der Waals surface area contributed by atoms with Gasteiger partial charge in [-0.2, -0.15) is 18.3 Å². The van der Waals surface area contributed by atoms with E-state index in [1.165, 1.54) is 60.3 Å². The van der Waals surface area contributed by atoms with Gasteiger partial charge in [0, 0.05) is 16.0 Å². The van der Waals surface area contributed by atoms with E-state index in [0.29, 0.717) is 5.69 Å². The molecule has 0 bridgehead atoms. The minimum Gasteiger partial charge on any atom is -0.276 e. The zero-order chi connectivity index (χ0) is 23.0. The summed E-state index contributed by atoms with van der Waals surface area (Å²) in [4.78, 5) is 6.89. The number of aryl methyl sites for hydroxylation is 2. The quantitative estimate of drug-likeness (QED) is 0.274. The van der Waals surface area contributed by atoms with E-state index >= 15 is 0 Å². The van der Waals surface area contributed by atoms with Gasteiger partial charge in [0.25, 0.3) is 0 Å². The van der Waals surface area contributed by atoms with Crippen LogP contribution in [0.25, 0.3) is 21.8 Å². The van der Waals surface area contributed by atoms with Crippen molar-refractivity contribution >= 4 is 11.3 Å². The van der Waals surface area contributed by atoms with Crippen LogP contribution in [0.2, 0.25) is 0 Å². The molecule has 0 unspecified atom stereocenters. The molecule has 0 saturated carbocycles. The van der Waals surface area contributed by atoms with Crippen molar-refractivity contribution in [2.75, 3.05) is 0 Å². The van der Waals surface area contributed by atoms with Crippen LogP contribution in [0.3, 0.4) is 0 Å². The van der Waals surface area contributed by atoms with Crippen molar-refractivity contribution in [2.24, 2.45) is 0 Å². The molecule has 0 fully saturated rings. The lowest BCUT2D eigenvalue weighted by Gasteiger charge is -2.06. The molecule has 0 spiro atoms. The third-order valence-corrected chi connectivity index (χ3v) is 6.89. The van der Waals surface area contributed by atoms with Gasteiger partial charge in [0.1, 0.15) is 0 Å². The Hall–Kier alpha value is -2.15. The summed E-state index contributed by atoms with van der Waals surface area (Å²) in [5.74, 6) is 0. The van der Waals surface area contributed by atoms with Gasteiger partial charge in [-0.25, -0.2) is 0 Å². The van der Waals surface area contributed by atoms with Crippen LogP contribution >= 0.6 is 11.3 Å². The van der Waals surface area contributed by atoms with Gasteiger partial charge in [-0.1, -0.05) is 52.4 Å². The topological polar surface area (TPSA) is 41.6 Å². The van der Waals surface area contributed by atoms with E-state index in [2.05, 4.69) is 35.1 Å². The molecule has 3 heterocycles. The van der Waals surface area contributed by atoms with Gasteiger partial charge in [0.15, 0.2) is 5.69 Å². The monoisotopic (exact) mass is 463 g/mol. The van der Waals surface area contributed by atoms with Crippen LogP contribution in [0.4, 0.5) is 13.2 Å². The van der Waals surface area contributed by atoms with E-state index in [-0.39, 0.29) is 5.69 Å². The van der Waals surface area contributed by atoms with E-state index in [9.17, 15) is 13.2 Å². The molecule has 32 heavy (non-hydrogen) atoms. The van der Waals surface area contributed by atoms with Crippen molar-refractivity contribution in [3.05, 3.63) is 46.6 Å². The number of thiophene rings is 1. The molecule has 0 aromatic carbocycles. The lowest BCUT2D eigenvalue weighted by molar-refractivity contribution is -0.141. The van der Waals surface area contributed by atoms with Crippen molar-refractivity contribution in [1.29, 1.82) is 0 Å². The van der Waals surface area contributed by atoms with Crippen molar-refractivity contribution in [3.63, 3.8) is 0 Å². The molecule has 3 nitrogen and oxygen atoms in total. The normalized spacial score (nSPS) is 11.9. The number of aromatic amines is 1. The SMILES string of the molecule is CCCCCCc1cc(CCCCCC)c(-c2ccnc(-c3cc(C(F)(F)F)n[nH]3)c2)s1. The predicted molar refractivity (Wildman–Crippen MR) is 126 cm³/mol. The van der Waals surface area contributed by atoms with Gasteiger partial charge in [-0.3, -0.25) is 10.1 Å². The number of hydrogen-bond acceptors (Lipinski definition) is 3. The van der Waals surface area contributed by atoms with Gasteiger partial charge < -0.3 is 0 Å². The molecular weight excluding hydrogens is 431 g/mol. The van der Waals surface area contributed by atoms with Crippen molar-refractivity contribution in [2.45, 2.75) is 84.2 Å². The number of halogens is 3. The predicted octanol–water partition coefficient (Wildman–Crippen LogP) is 8.46. The number of alkyl halides is 3. The Labute approximate surface area is 192 Å². The molecule has 0 radical (unpaired) electrons. The molecule has 1 N–H and O–H groups in total. The number of H-pyrrole nitrogens is 1. The maximum atomic E-state index is 12.9. The number of hydrogen-bond donors (Lipinski definition) is 1. The highest BCUT2D eigenvalue weighted by molar-refractivity contribution is 7.15. The molecule has 3 rings (SSSR count). The first-order valence-electron chi connectivity index (χ1n) is 11.6. The Morgan fingerprint density at radius 3 is 2.28 bits per heavy atom. The number of rotatable bonds is 12. The summed E-state index contributed by atoms with van der Waals surface area (Å²) in [7, 11) is 0. The molecule has 0 aliphatic rings. The second kappa shape index (κ2) is 11.6. The number of nitrogens with zero attached hydrogens (tertiary/aromatic N) is 2. The van der Waals surface area contributed by atoms with Crippen LogP contribution in [-0.4, -0.2) is 15.2 Å². The molecule has 0 saturated heterocycles. The summed E-state index contributed by atoms with van der Waals surface area (Å²) < 4.78 is 38.8. The van der Waals surface area contributed by atoms with Gasteiger partial charge in [-0.05, 0) is 61.1 Å². The van der Waals surface area contributed by atoms with E-state index < -0.39 is 11.9 Å². The Morgan fingerprint density at radius 2 is 1.62 bits per heavy atom. The summed E-state index contributed by atoms with van der Waals surface area (Å²) in [6, 6.07) is 7.18. The van der Waals surface area contributed by atoms with Crippen molar-refractivity contribution < 1.29 is 13.2 Å². The highest BCUT2D eigenvalue weighted by Crippen LogP contribution is 2.36. The molecule has 7 heteroatoms. The van der Waals surface area contributed by atoms with Gasteiger partial charge in [-0.15, -0.1) is 11.3 Å². The minimum atomic E-state index is -4.47. The lowest BCUT2D eigenvalue weighted by Crippen LogP contribution is -2.04. The first kappa shape index (κ1) is 24.5. The molecule has 0 atom stereocenters. The van der Waals surface area contributed by atoms with Crippen LogP contribution < -0.4 is 0 Å². The summed E-state index contributed by atoms with van der Waals surface area (Å²) in [5, 5.41) is 5.89. The molecule has 0 amide bonds. The third-order valence-electron chi connectivity index (χ3n) is 5.60. The van der Waals surface area contributed by atoms with E-state index in [4.69, 9.17) is 0 Å². The number of pyridine rings is 1. The van der Waals surface area contributed by atoms with E-state index in [0.717, 1.165) is 30.9 Å². The van der Waals surface area contributed by atoms with Crippen LogP contribution in [0, 0.1) is 0 Å². The highest BCUT2D eigenvalue weighted by atomic mass is 32.1. The first-order valence-corrected chi connectivity index (χ1v) is 12.4. The van der Waals surface area contributed by atoms with Crippen LogP contribution in [0.15, 0.2) is 30.5 Å². The number of nitrogens with one attached hydrogen (secondary N) is 1. The van der Waals surface area contributed by atoms with E-state index in [1.807, 2.05) is 23.5 Å². The standard InChI is InChI=1S/C25H32F3N3S/c1-3-5-7-9-11-18-15-20(12-10-8-6-4-2)32-24(18)19-13-14-29-21(16-19)22-17-23(31-30-22)25(26,27)28/h13-17H,3-12H2,1-2H3,(H,30,31). The largest absolute Gasteiger partial charge is 0.435 e. The zero-order valence-electron chi connectivity index (χ0n) is 18.9. The highest BCUT2D eigenvalue weighted by Gasteiger charge is 2.34. The molecular formula is C25H32F3N3S. The fourth-order valence-electron chi connectivity index (χ4n) is 3.82. The van der Waals surface area contributed by atoms with Crippen molar-refractivity contribution in [1.82, 2.24) is 15.2 Å². The average Bonchev–Trinajstić information content (AvgIpc) is 3.42. The summed E-state index contributed by atoms with van der Waals surface area (Å²) in [5.41, 5.74) is 2.17. The Morgan fingerprint density at radius 1 is 0.906 bits per heavy atom. The summed E-state index contributed by atoms with van der Waals surface area (Å²) in [6.07, 6.45) is 9.05. The van der Waals surface area contributed by atoms with Crippen LogP contribution in [0.5, 0.6) is 0 Å². The average molecular weight is 464 g/mol. The fraction of sp³-hybridized carbons (Fsp3) is 0.520. The van der Waals surface area contributed by atoms with Gasteiger partial charge in [0.2, 0.25) is 0 Å². The Bertz CT molecular complexity index is 975. The maximum Gasteiger partial charge on any atom is 0.435 e. The molecule has 3 aromatic heterocycles. The van der Waals surface area contributed by atoms with E-state index in [1.54, 1.807) is 6.20 Å². The second-order valence-corrected chi connectivity index (χ2v) is 9.42. The van der Waals surface area contributed by atoms with Crippen LogP contribution in [-0.2, 0) is 19.0 Å². The Balaban J connectivity index is 1.85. The lowest BCUT2D eigenvalue weighted by atomic mass is 10.0. The molecule has 0 aliphatic heterocycles. The third kappa shape index (κ3) is 6.67. The minimum absolute atomic E-state index is 0.278. The smallest absolute Gasteiger partial charge is 0.276 e. The molecule has 3 aromatic rings. The second-order valence-electron chi connectivity index (χ2n) is 8.28. The molecule has 0 aliphatic carbocycles. The number of unbranched alkanes of at least 4 members (excludes halogenated alkanes) is 6. The fourth-order valence-corrected chi connectivity index (χ4v) is 5.07. The van der Waals surface area contributed by atoms with Gasteiger partial charge >= 0.3 is 6.18 Å². The number of aromatic nitrogens is 3. The van der Waals surface area contributed by atoms with Crippen molar-refractivity contribution in [3.8, 4) is 21.8 Å². The summed E-state index contributed by atoms with van der Waals surface area (Å²) >= 11 is 1.81. The molecule has 174 valence electrons. The first-order chi connectivity index (χ1) is 15.4. The maximum absolute atomic E-state index is 12.9. The summed E-state index contributed by atoms with van der Waals surface area (Å²) in [6.45, 7) is 4.43.